The maximum Gasteiger partial charge on any atom is 0.282 e. The molecule has 5 aromatic rings. The molecule has 9 nitrogen and oxygen atoms in total. The van der Waals surface area contributed by atoms with Crippen molar-refractivity contribution in [3.8, 4) is 16.9 Å². The van der Waals surface area contributed by atoms with Gasteiger partial charge in [0.2, 0.25) is 0 Å². The molecule has 0 unspecified atom stereocenters. The summed E-state index contributed by atoms with van der Waals surface area (Å²) in [6.07, 6.45) is 7.58. The third-order valence-electron chi connectivity index (χ3n) is 6.64. The van der Waals surface area contributed by atoms with Gasteiger partial charge in [-0.3, -0.25) is 9.48 Å². The van der Waals surface area contributed by atoms with Crippen LogP contribution in [0.25, 0.3) is 27.7 Å². The first-order valence-corrected chi connectivity index (χ1v) is 12.0. The second kappa shape index (κ2) is 8.90. The molecule has 3 N–H and O–H groups in total. The van der Waals surface area contributed by atoms with E-state index in [9.17, 15) is 9.90 Å². The standard InChI is InChI=1S/C27H24FN7O2/c1-34-13-15(11-30-34)7-25-32-22(10-24(29)33-25)19-3-2-4-23(20(19)14-36)35-27(37)26-18(12-31-35)8-17(9-21(26)28)16-5-6-16/h2-4,8-13,16,36H,5-7,14H2,1H3,(H2,29,32,33). The van der Waals surface area contributed by atoms with E-state index in [-0.39, 0.29) is 11.2 Å². The van der Waals surface area contributed by atoms with Gasteiger partial charge >= 0.3 is 0 Å². The van der Waals surface area contributed by atoms with Gasteiger partial charge in [0.1, 0.15) is 17.5 Å². The van der Waals surface area contributed by atoms with Crippen LogP contribution in [0.2, 0.25) is 0 Å². The van der Waals surface area contributed by atoms with Crippen LogP contribution in [0.15, 0.2) is 59.8 Å². The van der Waals surface area contributed by atoms with Crippen molar-refractivity contribution in [2.24, 2.45) is 7.05 Å². The van der Waals surface area contributed by atoms with Gasteiger partial charge in [0.25, 0.3) is 5.56 Å². The number of aliphatic hydroxyl groups is 1. The van der Waals surface area contributed by atoms with Crippen LogP contribution in [-0.4, -0.2) is 34.6 Å². The zero-order valence-electron chi connectivity index (χ0n) is 20.1. The lowest BCUT2D eigenvalue weighted by Crippen LogP contribution is -2.23. The van der Waals surface area contributed by atoms with Crippen molar-refractivity contribution in [3.05, 3.63) is 93.7 Å². The van der Waals surface area contributed by atoms with Gasteiger partial charge in [-0.15, -0.1) is 0 Å². The van der Waals surface area contributed by atoms with Crippen molar-refractivity contribution < 1.29 is 9.50 Å². The van der Waals surface area contributed by atoms with E-state index in [0.29, 0.717) is 46.1 Å². The fourth-order valence-electron chi connectivity index (χ4n) is 4.74. The lowest BCUT2D eigenvalue weighted by Gasteiger charge is -2.15. The molecule has 0 saturated heterocycles. The fourth-order valence-corrected chi connectivity index (χ4v) is 4.74. The molecule has 10 heteroatoms. The summed E-state index contributed by atoms with van der Waals surface area (Å²) in [4.78, 5) is 22.4. The molecule has 3 heterocycles. The molecule has 0 atom stereocenters. The predicted molar refractivity (Wildman–Crippen MR) is 137 cm³/mol. The Kier molecular flexibility index (Phi) is 5.53. The lowest BCUT2D eigenvalue weighted by atomic mass is 10.0. The number of aryl methyl sites for hydroxylation is 1. The summed E-state index contributed by atoms with van der Waals surface area (Å²) in [6.45, 7) is -0.400. The highest BCUT2D eigenvalue weighted by Crippen LogP contribution is 2.41. The van der Waals surface area contributed by atoms with Gasteiger partial charge in [0.15, 0.2) is 0 Å². The minimum atomic E-state index is -0.594. The molecule has 186 valence electrons. The number of aliphatic hydroxyl groups excluding tert-OH is 1. The van der Waals surface area contributed by atoms with E-state index in [1.807, 2.05) is 19.3 Å². The number of nitrogens with zero attached hydrogens (tertiary/aromatic N) is 6. The minimum Gasteiger partial charge on any atom is -0.392 e. The Morgan fingerprint density at radius 1 is 1.14 bits per heavy atom. The van der Waals surface area contributed by atoms with Gasteiger partial charge in [-0.1, -0.05) is 12.1 Å². The van der Waals surface area contributed by atoms with E-state index in [1.165, 1.54) is 12.3 Å². The number of nitrogen functional groups attached to an aromatic ring is 1. The second-order valence-corrected chi connectivity index (χ2v) is 9.36. The zero-order valence-corrected chi connectivity index (χ0v) is 20.1. The van der Waals surface area contributed by atoms with Gasteiger partial charge in [-0.2, -0.15) is 14.9 Å². The number of rotatable bonds is 6. The quantitative estimate of drug-likeness (QED) is 0.369. The zero-order chi connectivity index (χ0) is 25.7. The molecule has 0 amide bonds. The monoisotopic (exact) mass is 497 g/mol. The molecule has 2 aromatic carbocycles. The molecule has 3 aromatic heterocycles. The molecule has 6 rings (SSSR count). The van der Waals surface area contributed by atoms with Crippen LogP contribution in [0.1, 0.15) is 41.3 Å². The molecule has 1 aliphatic rings. The van der Waals surface area contributed by atoms with E-state index in [1.54, 1.807) is 35.1 Å². The smallest absolute Gasteiger partial charge is 0.282 e. The summed E-state index contributed by atoms with van der Waals surface area (Å²) >= 11 is 0. The van der Waals surface area contributed by atoms with Gasteiger partial charge < -0.3 is 10.8 Å². The Hall–Kier alpha value is -4.44. The Balaban J connectivity index is 1.46. The number of anilines is 1. The fraction of sp³-hybridized carbons (Fsp3) is 0.222. The number of benzene rings is 2. The summed E-state index contributed by atoms with van der Waals surface area (Å²) in [5.41, 5.74) is 9.13. The number of hydrogen-bond acceptors (Lipinski definition) is 7. The van der Waals surface area contributed by atoms with E-state index < -0.39 is 18.0 Å². The average Bonchev–Trinajstić information content (AvgIpc) is 3.65. The van der Waals surface area contributed by atoms with Gasteiger partial charge in [0, 0.05) is 42.2 Å². The predicted octanol–water partition coefficient (Wildman–Crippen LogP) is 3.26. The largest absolute Gasteiger partial charge is 0.392 e. The third kappa shape index (κ3) is 4.25. The van der Waals surface area contributed by atoms with Crippen LogP contribution in [0.4, 0.5) is 10.2 Å². The van der Waals surface area contributed by atoms with Crippen molar-refractivity contribution in [2.45, 2.75) is 31.8 Å². The number of hydrogen-bond donors (Lipinski definition) is 2. The molecule has 0 aliphatic heterocycles. The number of fused-ring (bicyclic) bond motifs is 1. The first-order chi connectivity index (χ1) is 17.9. The maximum absolute atomic E-state index is 15.1. The molecule has 0 spiro atoms. The van der Waals surface area contributed by atoms with E-state index in [0.717, 1.165) is 28.7 Å². The van der Waals surface area contributed by atoms with Crippen LogP contribution in [0.3, 0.4) is 0 Å². The highest BCUT2D eigenvalue weighted by molar-refractivity contribution is 5.83. The van der Waals surface area contributed by atoms with Crippen molar-refractivity contribution >= 4 is 16.6 Å². The van der Waals surface area contributed by atoms with Gasteiger partial charge in [-0.05, 0) is 48.1 Å². The summed E-state index contributed by atoms with van der Waals surface area (Å²) < 4.78 is 17.9. The number of aromatic nitrogens is 6. The molecule has 1 saturated carbocycles. The Labute approximate surface area is 211 Å². The second-order valence-electron chi connectivity index (χ2n) is 9.36. The Morgan fingerprint density at radius 3 is 2.70 bits per heavy atom. The average molecular weight is 498 g/mol. The number of nitrogens with two attached hydrogens (primary N) is 1. The van der Waals surface area contributed by atoms with E-state index in [2.05, 4.69) is 20.2 Å². The normalized spacial score (nSPS) is 13.4. The van der Waals surface area contributed by atoms with E-state index >= 15 is 4.39 Å². The Bertz CT molecular complexity index is 1720. The van der Waals surface area contributed by atoms with Crippen molar-refractivity contribution in [1.82, 2.24) is 29.5 Å². The van der Waals surface area contributed by atoms with Gasteiger partial charge in [0.05, 0.1) is 35.8 Å². The van der Waals surface area contributed by atoms with Gasteiger partial charge in [-0.25, -0.2) is 14.4 Å². The van der Waals surface area contributed by atoms with Crippen molar-refractivity contribution in [2.75, 3.05) is 5.73 Å². The topological polar surface area (TPSA) is 125 Å². The molecular weight excluding hydrogens is 473 g/mol. The minimum absolute atomic E-state index is 0.0290. The highest BCUT2D eigenvalue weighted by Gasteiger charge is 2.25. The maximum atomic E-state index is 15.1. The van der Waals surface area contributed by atoms with Crippen LogP contribution >= 0.6 is 0 Å². The number of halogens is 1. The summed E-state index contributed by atoms with van der Waals surface area (Å²) in [6, 6.07) is 10.1. The molecule has 1 aliphatic carbocycles. The first kappa shape index (κ1) is 23.0. The van der Waals surface area contributed by atoms with Crippen LogP contribution < -0.4 is 11.3 Å². The molecule has 37 heavy (non-hydrogen) atoms. The highest BCUT2D eigenvalue weighted by atomic mass is 19.1. The first-order valence-electron chi connectivity index (χ1n) is 12.0. The van der Waals surface area contributed by atoms with Crippen LogP contribution in [0, 0.1) is 5.82 Å². The molecule has 0 radical (unpaired) electrons. The van der Waals surface area contributed by atoms with E-state index in [4.69, 9.17) is 5.73 Å². The summed E-state index contributed by atoms with van der Waals surface area (Å²) in [5.74, 6) is 0.549. The van der Waals surface area contributed by atoms with Crippen molar-refractivity contribution in [1.29, 1.82) is 0 Å². The van der Waals surface area contributed by atoms with Crippen LogP contribution in [-0.2, 0) is 20.1 Å². The molecule has 1 fully saturated rings. The van der Waals surface area contributed by atoms with Crippen molar-refractivity contribution in [3.63, 3.8) is 0 Å². The summed E-state index contributed by atoms with van der Waals surface area (Å²) in [5, 5.41) is 19.3. The Morgan fingerprint density at radius 2 is 1.97 bits per heavy atom. The third-order valence-corrected chi connectivity index (χ3v) is 6.64. The molecular formula is C27H24FN7O2. The SMILES string of the molecule is Cn1cc(Cc2nc(N)cc(-c3cccc(-n4ncc5cc(C6CC6)cc(F)c5c4=O)c3CO)n2)cn1. The summed E-state index contributed by atoms with van der Waals surface area (Å²) in [7, 11) is 1.83. The van der Waals surface area contributed by atoms with Crippen LogP contribution in [0.5, 0.6) is 0 Å². The molecule has 0 bridgehead atoms. The lowest BCUT2D eigenvalue weighted by molar-refractivity contribution is 0.281.